The molecule has 210 valence electrons. The number of hydrogen-bond donors (Lipinski definition) is 1. The maximum Gasteiger partial charge on any atom is 0.270 e. The zero-order valence-electron chi connectivity index (χ0n) is 22.6. The normalized spacial score (nSPS) is 14.4. The van der Waals surface area contributed by atoms with Gasteiger partial charge < -0.3 is 4.74 Å². The van der Waals surface area contributed by atoms with E-state index in [1.807, 2.05) is 90.3 Å². The molecular formula is C33H23N5O3S2. The number of hydrogen-bond acceptors (Lipinski definition) is 8. The van der Waals surface area contributed by atoms with Gasteiger partial charge in [-0.1, -0.05) is 72.8 Å². The van der Waals surface area contributed by atoms with Crippen molar-refractivity contribution in [2.24, 2.45) is 10.2 Å². The number of nitrogens with zero attached hydrogens (tertiary/aromatic N) is 4. The number of benzene rings is 4. The first-order valence-corrected chi connectivity index (χ1v) is 14.5. The monoisotopic (exact) mass is 601 g/mol. The summed E-state index contributed by atoms with van der Waals surface area (Å²) in [6.45, 7) is 0.237. The van der Waals surface area contributed by atoms with Gasteiger partial charge in [0.25, 0.3) is 11.8 Å². The second-order valence-corrected chi connectivity index (χ2v) is 10.6. The molecule has 1 N–H and O–H groups in total. The van der Waals surface area contributed by atoms with E-state index in [0.717, 1.165) is 16.8 Å². The zero-order valence-corrected chi connectivity index (χ0v) is 24.2. The summed E-state index contributed by atoms with van der Waals surface area (Å²) >= 11 is 6.77. The van der Waals surface area contributed by atoms with Crippen molar-refractivity contribution < 1.29 is 14.3 Å². The first-order valence-electron chi connectivity index (χ1n) is 13.3. The van der Waals surface area contributed by atoms with Gasteiger partial charge in [0.2, 0.25) is 5.13 Å². The molecule has 5 aromatic rings. The number of nitrogens with one attached hydrogen (secondary N) is 1. The Morgan fingerprint density at radius 2 is 1.53 bits per heavy atom. The highest BCUT2D eigenvalue weighted by molar-refractivity contribution is 7.80. The number of aromatic nitrogens is 1. The first-order chi connectivity index (χ1) is 21.0. The minimum absolute atomic E-state index is 0.00397. The van der Waals surface area contributed by atoms with Crippen LogP contribution in [0, 0.1) is 0 Å². The number of azo groups is 1. The SMILES string of the molecule is O=C1NC(=S)N(c2ccc(Oc3ccccc3)cc2)C(=O)C1=Cc1ccccc1CN=Nc1nc(-c2ccccc2)cs1. The predicted molar refractivity (Wildman–Crippen MR) is 171 cm³/mol. The third-order valence-corrected chi connectivity index (χ3v) is 7.50. The number of ether oxygens (including phenoxy) is 1. The van der Waals surface area contributed by atoms with Crippen LogP contribution in [0.4, 0.5) is 10.8 Å². The van der Waals surface area contributed by atoms with Gasteiger partial charge in [0.1, 0.15) is 17.1 Å². The van der Waals surface area contributed by atoms with Crippen molar-refractivity contribution >= 4 is 57.4 Å². The van der Waals surface area contributed by atoms with Crippen molar-refractivity contribution in [3.05, 3.63) is 131 Å². The predicted octanol–water partition coefficient (Wildman–Crippen LogP) is 7.72. The Balaban J connectivity index is 1.19. The van der Waals surface area contributed by atoms with Crippen LogP contribution in [0.25, 0.3) is 17.3 Å². The highest BCUT2D eigenvalue weighted by atomic mass is 32.1. The number of thiazole rings is 1. The summed E-state index contributed by atoms with van der Waals surface area (Å²) in [5, 5.41) is 13.7. The Labute approximate surface area is 257 Å². The Morgan fingerprint density at radius 1 is 0.860 bits per heavy atom. The van der Waals surface area contributed by atoms with Crippen LogP contribution in [-0.4, -0.2) is 21.9 Å². The summed E-state index contributed by atoms with van der Waals surface area (Å²) in [4.78, 5) is 32.3. The van der Waals surface area contributed by atoms with Crippen LogP contribution in [0.1, 0.15) is 11.1 Å². The molecule has 8 nitrogen and oxygen atoms in total. The second kappa shape index (κ2) is 12.7. The highest BCUT2D eigenvalue weighted by Crippen LogP contribution is 2.29. The molecule has 0 aliphatic carbocycles. The molecule has 0 atom stereocenters. The van der Waals surface area contributed by atoms with Gasteiger partial charge in [-0.15, -0.1) is 16.5 Å². The van der Waals surface area contributed by atoms with E-state index in [-0.39, 0.29) is 17.2 Å². The Bertz CT molecular complexity index is 1850. The Morgan fingerprint density at radius 3 is 2.30 bits per heavy atom. The molecule has 10 heteroatoms. The van der Waals surface area contributed by atoms with E-state index in [9.17, 15) is 9.59 Å². The zero-order chi connectivity index (χ0) is 29.6. The lowest BCUT2D eigenvalue weighted by Crippen LogP contribution is -2.54. The van der Waals surface area contributed by atoms with Gasteiger partial charge >= 0.3 is 0 Å². The van der Waals surface area contributed by atoms with Crippen LogP contribution in [0.5, 0.6) is 11.5 Å². The molecule has 1 aromatic heterocycles. The molecule has 2 amide bonds. The van der Waals surface area contributed by atoms with Crippen LogP contribution in [0.2, 0.25) is 0 Å². The summed E-state index contributed by atoms with van der Waals surface area (Å²) in [6.07, 6.45) is 1.56. The second-order valence-electron chi connectivity index (χ2n) is 9.35. The third kappa shape index (κ3) is 6.45. The topological polar surface area (TPSA) is 96.2 Å². The number of carbonyl (C=O) groups excluding carboxylic acids is 2. The number of anilines is 1. The average Bonchev–Trinajstić information content (AvgIpc) is 3.51. The number of thiocarbonyl (C=S) groups is 1. The van der Waals surface area contributed by atoms with Gasteiger partial charge in [-0.05, 0) is 65.8 Å². The largest absolute Gasteiger partial charge is 0.457 e. The fourth-order valence-electron chi connectivity index (χ4n) is 4.38. The van der Waals surface area contributed by atoms with Crippen LogP contribution in [-0.2, 0) is 16.1 Å². The van der Waals surface area contributed by atoms with E-state index in [1.54, 1.807) is 30.3 Å². The fourth-order valence-corrected chi connectivity index (χ4v) is 5.32. The van der Waals surface area contributed by atoms with E-state index >= 15 is 0 Å². The van der Waals surface area contributed by atoms with Gasteiger partial charge in [-0.3, -0.25) is 19.8 Å². The van der Waals surface area contributed by atoms with Crippen molar-refractivity contribution in [1.82, 2.24) is 10.3 Å². The van der Waals surface area contributed by atoms with Crippen LogP contribution in [0.15, 0.2) is 130 Å². The summed E-state index contributed by atoms with van der Waals surface area (Å²) < 4.78 is 5.85. The van der Waals surface area contributed by atoms with Crippen molar-refractivity contribution in [2.75, 3.05) is 4.90 Å². The van der Waals surface area contributed by atoms with Crippen molar-refractivity contribution in [3.8, 4) is 22.8 Å². The van der Waals surface area contributed by atoms with Crippen LogP contribution >= 0.6 is 23.6 Å². The Kier molecular flexibility index (Phi) is 8.21. The van der Waals surface area contributed by atoms with Crippen molar-refractivity contribution in [3.63, 3.8) is 0 Å². The number of amides is 2. The quantitative estimate of drug-likeness (QED) is 0.0850. The molecule has 0 saturated carbocycles. The van der Waals surface area contributed by atoms with Gasteiger partial charge in [-0.2, -0.15) is 5.11 Å². The molecule has 0 radical (unpaired) electrons. The van der Waals surface area contributed by atoms with Gasteiger partial charge in [0.15, 0.2) is 5.11 Å². The number of carbonyl (C=O) groups is 2. The minimum Gasteiger partial charge on any atom is -0.457 e. The average molecular weight is 602 g/mol. The van der Waals surface area contributed by atoms with Crippen LogP contribution in [0.3, 0.4) is 0 Å². The lowest BCUT2D eigenvalue weighted by atomic mass is 10.0. The summed E-state index contributed by atoms with van der Waals surface area (Å²) in [5.41, 5.74) is 3.77. The maximum atomic E-state index is 13.6. The smallest absolute Gasteiger partial charge is 0.270 e. The number of para-hydroxylation sites is 1. The van der Waals surface area contributed by atoms with Gasteiger partial charge in [0, 0.05) is 10.9 Å². The molecule has 43 heavy (non-hydrogen) atoms. The van der Waals surface area contributed by atoms with Crippen LogP contribution < -0.4 is 15.0 Å². The molecule has 1 aliphatic rings. The molecule has 0 bridgehead atoms. The molecule has 0 spiro atoms. The van der Waals surface area contributed by atoms with Crippen molar-refractivity contribution in [1.29, 1.82) is 0 Å². The summed E-state index contributed by atoms with van der Waals surface area (Å²) in [7, 11) is 0. The van der Waals surface area contributed by atoms with Crippen molar-refractivity contribution in [2.45, 2.75) is 6.54 Å². The first kappa shape index (κ1) is 27.8. The molecule has 1 saturated heterocycles. The van der Waals surface area contributed by atoms with E-state index < -0.39 is 11.8 Å². The van der Waals surface area contributed by atoms with E-state index in [1.165, 1.54) is 16.2 Å². The van der Waals surface area contributed by atoms with E-state index in [2.05, 4.69) is 20.5 Å². The summed E-state index contributed by atoms with van der Waals surface area (Å²) in [5.74, 6) is 0.197. The maximum absolute atomic E-state index is 13.6. The molecule has 2 heterocycles. The lowest BCUT2D eigenvalue weighted by Gasteiger charge is -2.29. The third-order valence-electron chi connectivity index (χ3n) is 6.49. The van der Waals surface area contributed by atoms with E-state index in [0.29, 0.717) is 27.9 Å². The molecule has 0 unspecified atom stereocenters. The van der Waals surface area contributed by atoms with E-state index in [4.69, 9.17) is 17.0 Å². The molecule has 4 aromatic carbocycles. The minimum atomic E-state index is -0.567. The van der Waals surface area contributed by atoms with Gasteiger partial charge in [0.05, 0.1) is 17.9 Å². The molecule has 1 fully saturated rings. The number of rotatable bonds is 8. The van der Waals surface area contributed by atoms with Gasteiger partial charge in [-0.25, -0.2) is 4.98 Å². The molecular weight excluding hydrogens is 579 g/mol. The summed E-state index contributed by atoms with van der Waals surface area (Å²) in [6, 6.07) is 33.6. The molecule has 6 rings (SSSR count). The fraction of sp³-hybridized carbons (Fsp3) is 0.0303. The highest BCUT2D eigenvalue weighted by Gasteiger charge is 2.34. The lowest BCUT2D eigenvalue weighted by molar-refractivity contribution is -0.122. The molecule has 1 aliphatic heterocycles. The standard InChI is InChI=1S/C33H23N5O3S2/c39-30-28(31(40)38(33(42)36-30)25-15-17-27(18-16-25)41-26-13-5-2-6-14-26)19-23-11-7-8-12-24(23)20-34-37-32-35-29(21-43-32)22-9-3-1-4-10-22/h1-19,21H,20H2,(H,36,39,42). The Hall–Kier alpha value is -5.32.